The minimum absolute atomic E-state index is 0.00928. The highest BCUT2D eigenvalue weighted by molar-refractivity contribution is 6.30. The van der Waals surface area contributed by atoms with Crippen LogP contribution in [0.2, 0.25) is 5.02 Å². The predicted octanol–water partition coefficient (Wildman–Crippen LogP) is 3.06. The molecular weight excluding hydrogens is 250 g/mol. The highest BCUT2D eigenvalue weighted by Gasteiger charge is 2.50. The van der Waals surface area contributed by atoms with Gasteiger partial charge in [-0.05, 0) is 25.1 Å². The minimum Gasteiger partial charge on any atom is -0.487 e. The number of nitrogens with two attached hydrogens (primary N) is 1. The molecule has 1 saturated carbocycles. The predicted molar refractivity (Wildman–Crippen MR) is 71.0 cm³/mol. The summed E-state index contributed by atoms with van der Waals surface area (Å²) in [4.78, 5) is 0. The van der Waals surface area contributed by atoms with Gasteiger partial charge in [0.15, 0.2) is 0 Å². The number of rotatable bonds is 2. The third-order valence-corrected chi connectivity index (χ3v) is 4.13. The summed E-state index contributed by atoms with van der Waals surface area (Å²) in [7, 11) is 0. The van der Waals surface area contributed by atoms with Crippen LogP contribution in [-0.4, -0.2) is 18.3 Å². The fraction of sp³-hybridized carbons (Fsp3) is 0.571. The van der Waals surface area contributed by atoms with Gasteiger partial charge in [-0.3, -0.25) is 0 Å². The molecule has 0 bridgehead atoms. The Morgan fingerprint density at radius 2 is 2.22 bits per heavy atom. The van der Waals surface area contributed by atoms with Gasteiger partial charge >= 0.3 is 0 Å². The van der Waals surface area contributed by atoms with E-state index in [9.17, 15) is 0 Å². The molecule has 1 atom stereocenters. The van der Waals surface area contributed by atoms with E-state index in [2.05, 4.69) is 0 Å². The van der Waals surface area contributed by atoms with Crippen molar-refractivity contribution in [2.24, 2.45) is 5.73 Å². The van der Waals surface area contributed by atoms with E-state index in [0.717, 1.165) is 37.2 Å². The van der Waals surface area contributed by atoms with Crippen molar-refractivity contribution in [1.29, 1.82) is 0 Å². The van der Waals surface area contributed by atoms with Crippen LogP contribution in [0.15, 0.2) is 18.2 Å². The van der Waals surface area contributed by atoms with Crippen molar-refractivity contribution >= 4 is 11.6 Å². The molecule has 2 aliphatic rings. The molecule has 1 fully saturated rings. The van der Waals surface area contributed by atoms with Gasteiger partial charge in [-0.2, -0.15) is 0 Å². The molecule has 0 unspecified atom stereocenters. The third-order valence-electron chi connectivity index (χ3n) is 3.89. The van der Waals surface area contributed by atoms with Crippen LogP contribution in [0, 0.1) is 0 Å². The van der Waals surface area contributed by atoms with Crippen LogP contribution in [0.3, 0.4) is 0 Å². The quantitative estimate of drug-likeness (QED) is 0.896. The van der Waals surface area contributed by atoms with Crippen LogP contribution in [0.25, 0.3) is 0 Å². The molecule has 18 heavy (non-hydrogen) atoms. The first-order chi connectivity index (χ1) is 8.62. The topological polar surface area (TPSA) is 44.5 Å². The summed E-state index contributed by atoms with van der Waals surface area (Å²) in [6, 6.07) is 5.69. The molecule has 4 heteroatoms. The summed E-state index contributed by atoms with van der Waals surface area (Å²) >= 11 is 5.99. The van der Waals surface area contributed by atoms with Gasteiger partial charge < -0.3 is 15.2 Å². The first-order valence-corrected chi connectivity index (χ1v) is 6.85. The average Bonchev–Trinajstić information content (AvgIpc) is 2.29. The standard InChI is InChI=1S/C14H18ClNO2/c1-2-17-10-6-14(7-10)8-12(16)11-5-9(15)3-4-13(11)18-14/h3-5,10,12H,2,6-8,16H2,1H3/t10?,12-,14?/m0/s1. The summed E-state index contributed by atoms with van der Waals surface area (Å²) < 4.78 is 11.7. The van der Waals surface area contributed by atoms with Crippen molar-refractivity contribution in [1.82, 2.24) is 0 Å². The van der Waals surface area contributed by atoms with Gasteiger partial charge in [0, 0.05) is 42.5 Å². The van der Waals surface area contributed by atoms with Crippen molar-refractivity contribution in [3.8, 4) is 5.75 Å². The number of hydrogen-bond donors (Lipinski definition) is 1. The number of benzene rings is 1. The molecule has 1 aromatic carbocycles. The molecule has 1 aliphatic carbocycles. The summed E-state index contributed by atoms with van der Waals surface area (Å²) in [5, 5.41) is 0.713. The molecule has 98 valence electrons. The number of ether oxygens (including phenoxy) is 2. The number of fused-ring (bicyclic) bond motifs is 1. The smallest absolute Gasteiger partial charge is 0.125 e. The zero-order valence-electron chi connectivity index (χ0n) is 10.5. The van der Waals surface area contributed by atoms with Crippen LogP contribution in [0.1, 0.15) is 37.8 Å². The Bertz CT molecular complexity index is 457. The summed E-state index contributed by atoms with van der Waals surface area (Å²) in [6.45, 7) is 2.79. The van der Waals surface area contributed by atoms with Crippen LogP contribution in [-0.2, 0) is 4.74 Å². The fourth-order valence-corrected chi connectivity index (χ4v) is 3.24. The van der Waals surface area contributed by atoms with Gasteiger partial charge in [0.05, 0.1) is 6.10 Å². The van der Waals surface area contributed by atoms with Crippen molar-refractivity contribution in [2.45, 2.75) is 43.9 Å². The zero-order valence-corrected chi connectivity index (χ0v) is 11.2. The van der Waals surface area contributed by atoms with Gasteiger partial charge in [0.1, 0.15) is 11.4 Å². The van der Waals surface area contributed by atoms with E-state index in [1.165, 1.54) is 0 Å². The lowest BCUT2D eigenvalue weighted by Crippen LogP contribution is -2.55. The average molecular weight is 268 g/mol. The Kier molecular flexibility index (Phi) is 3.00. The Hall–Kier alpha value is -0.770. The largest absolute Gasteiger partial charge is 0.487 e. The van der Waals surface area contributed by atoms with Crippen molar-refractivity contribution in [2.75, 3.05) is 6.61 Å². The molecule has 0 radical (unpaired) electrons. The maximum atomic E-state index is 6.24. The Morgan fingerprint density at radius 3 is 2.94 bits per heavy atom. The molecule has 0 aromatic heterocycles. The lowest BCUT2D eigenvalue weighted by Gasteiger charge is -2.50. The van der Waals surface area contributed by atoms with E-state index in [-0.39, 0.29) is 11.6 Å². The number of hydrogen-bond acceptors (Lipinski definition) is 3. The fourth-order valence-electron chi connectivity index (χ4n) is 3.06. The molecule has 3 rings (SSSR count). The zero-order chi connectivity index (χ0) is 12.8. The Balaban J connectivity index is 1.79. The molecule has 3 nitrogen and oxygen atoms in total. The van der Waals surface area contributed by atoms with Gasteiger partial charge in [0.2, 0.25) is 0 Å². The monoisotopic (exact) mass is 267 g/mol. The van der Waals surface area contributed by atoms with Gasteiger partial charge in [-0.25, -0.2) is 0 Å². The third kappa shape index (κ3) is 2.00. The van der Waals surface area contributed by atoms with Crippen LogP contribution in [0.4, 0.5) is 0 Å². The Labute approximate surface area is 112 Å². The van der Waals surface area contributed by atoms with Crippen LogP contribution >= 0.6 is 11.6 Å². The molecule has 1 spiro atoms. The maximum absolute atomic E-state index is 6.24. The molecule has 1 heterocycles. The van der Waals surface area contributed by atoms with Crippen molar-refractivity contribution in [3.05, 3.63) is 28.8 Å². The molecule has 1 aromatic rings. The maximum Gasteiger partial charge on any atom is 0.125 e. The second-order valence-corrected chi connectivity index (χ2v) is 5.70. The van der Waals surface area contributed by atoms with Crippen LogP contribution < -0.4 is 10.5 Å². The first-order valence-electron chi connectivity index (χ1n) is 6.47. The van der Waals surface area contributed by atoms with E-state index < -0.39 is 0 Å². The summed E-state index contributed by atoms with van der Waals surface area (Å²) in [5.41, 5.74) is 7.15. The first kappa shape index (κ1) is 12.3. The van der Waals surface area contributed by atoms with Gasteiger partial charge in [0.25, 0.3) is 0 Å². The number of halogens is 1. The molecule has 0 saturated heterocycles. The lowest BCUT2D eigenvalue weighted by molar-refractivity contribution is -0.134. The lowest BCUT2D eigenvalue weighted by atomic mass is 9.71. The molecule has 1 aliphatic heterocycles. The molecule has 2 N–H and O–H groups in total. The van der Waals surface area contributed by atoms with E-state index in [0.29, 0.717) is 11.1 Å². The molecular formula is C14H18ClNO2. The Morgan fingerprint density at radius 1 is 1.44 bits per heavy atom. The van der Waals surface area contributed by atoms with Gasteiger partial charge in [-0.15, -0.1) is 0 Å². The minimum atomic E-state index is -0.111. The second-order valence-electron chi connectivity index (χ2n) is 5.26. The van der Waals surface area contributed by atoms with Crippen LogP contribution in [0.5, 0.6) is 5.75 Å². The highest BCUT2D eigenvalue weighted by atomic mass is 35.5. The second kappa shape index (κ2) is 4.41. The van der Waals surface area contributed by atoms with Gasteiger partial charge in [-0.1, -0.05) is 11.6 Å². The van der Waals surface area contributed by atoms with E-state index >= 15 is 0 Å². The normalized spacial score (nSPS) is 33.7. The summed E-state index contributed by atoms with van der Waals surface area (Å²) in [6.07, 6.45) is 3.06. The SMILES string of the molecule is CCOC1CC2(C1)C[C@H](N)c1cc(Cl)ccc1O2. The van der Waals surface area contributed by atoms with Crippen molar-refractivity contribution < 1.29 is 9.47 Å². The molecule has 0 amide bonds. The van der Waals surface area contributed by atoms with E-state index in [1.807, 2.05) is 25.1 Å². The van der Waals surface area contributed by atoms with E-state index in [4.69, 9.17) is 26.8 Å². The highest BCUT2D eigenvalue weighted by Crippen LogP contribution is 2.49. The summed E-state index contributed by atoms with van der Waals surface area (Å²) in [5.74, 6) is 0.882. The van der Waals surface area contributed by atoms with E-state index in [1.54, 1.807) is 0 Å². The van der Waals surface area contributed by atoms with Crippen molar-refractivity contribution in [3.63, 3.8) is 0 Å².